The molecular weight excluding hydrogens is 260 g/mol. The van der Waals surface area contributed by atoms with Crippen molar-refractivity contribution < 1.29 is 5.11 Å². The second-order valence-corrected chi connectivity index (χ2v) is 4.74. The fourth-order valence-electron chi connectivity index (χ4n) is 2.08. The molecule has 0 spiro atoms. The molecule has 1 heterocycles. The quantitative estimate of drug-likeness (QED) is 0.849. The molecule has 0 saturated heterocycles. The largest absolute Gasteiger partial charge is 0.393 e. The summed E-state index contributed by atoms with van der Waals surface area (Å²) in [6.07, 6.45) is 4.04. The van der Waals surface area contributed by atoms with E-state index in [4.69, 9.17) is 5.73 Å². The van der Waals surface area contributed by atoms with Gasteiger partial charge in [-0.1, -0.05) is 12.8 Å². The molecule has 5 nitrogen and oxygen atoms in total. The van der Waals surface area contributed by atoms with Crippen molar-refractivity contribution >= 4 is 21.9 Å². The Balaban J connectivity index is 2.04. The van der Waals surface area contributed by atoms with Crippen LogP contribution in [0.4, 0.5) is 5.95 Å². The summed E-state index contributed by atoms with van der Waals surface area (Å²) in [4.78, 5) is 3.97. The molecule has 0 amide bonds. The molecule has 6 heteroatoms. The van der Waals surface area contributed by atoms with E-state index in [2.05, 4.69) is 26.0 Å². The van der Waals surface area contributed by atoms with Crippen molar-refractivity contribution in [2.75, 3.05) is 5.73 Å². The second-order valence-electron chi connectivity index (χ2n) is 4.03. The highest BCUT2D eigenvalue weighted by atomic mass is 79.9. The van der Waals surface area contributed by atoms with E-state index in [1.54, 1.807) is 4.68 Å². The van der Waals surface area contributed by atoms with E-state index in [0.29, 0.717) is 11.3 Å². The molecule has 0 aromatic carbocycles. The third-order valence-corrected chi connectivity index (χ3v) is 3.51. The number of nitrogens with two attached hydrogens (primary N) is 1. The van der Waals surface area contributed by atoms with Crippen LogP contribution in [0, 0.1) is 5.92 Å². The standard InChI is InChI=1S/C9H15BrN4O/c10-8-12-9(11)13-14(8)5-6-3-1-2-4-7(6)15/h6-7,15H,1-5H2,(H2,11,13). The molecule has 1 fully saturated rings. The molecule has 2 atom stereocenters. The van der Waals surface area contributed by atoms with Crippen LogP contribution in [0.1, 0.15) is 25.7 Å². The minimum Gasteiger partial charge on any atom is -0.393 e. The Morgan fingerprint density at radius 1 is 1.47 bits per heavy atom. The van der Waals surface area contributed by atoms with Crippen molar-refractivity contribution in [3.8, 4) is 0 Å². The first-order valence-electron chi connectivity index (χ1n) is 5.20. The minimum absolute atomic E-state index is 0.212. The Kier molecular flexibility index (Phi) is 3.25. The van der Waals surface area contributed by atoms with Crippen molar-refractivity contribution in [3.05, 3.63) is 4.73 Å². The zero-order chi connectivity index (χ0) is 10.8. The first-order chi connectivity index (χ1) is 7.16. The van der Waals surface area contributed by atoms with Gasteiger partial charge in [0, 0.05) is 12.5 Å². The third kappa shape index (κ3) is 2.49. The van der Waals surface area contributed by atoms with Gasteiger partial charge in [0.15, 0.2) is 4.73 Å². The Morgan fingerprint density at radius 2 is 2.20 bits per heavy atom. The van der Waals surface area contributed by atoms with Gasteiger partial charge in [-0.15, -0.1) is 5.10 Å². The van der Waals surface area contributed by atoms with Crippen molar-refractivity contribution in [1.82, 2.24) is 14.8 Å². The van der Waals surface area contributed by atoms with Crippen molar-refractivity contribution in [2.24, 2.45) is 5.92 Å². The molecule has 1 aromatic heterocycles. The van der Waals surface area contributed by atoms with E-state index in [-0.39, 0.29) is 18.0 Å². The van der Waals surface area contributed by atoms with Gasteiger partial charge in [-0.05, 0) is 28.8 Å². The van der Waals surface area contributed by atoms with E-state index in [1.807, 2.05) is 0 Å². The molecule has 0 aliphatic heterocycles. The molecule has 2 rings (SSSR count). The monoisotopic (exact) mass is 274 g/mol. The molecule has 3 N–H and O–H groups in total. The predicted molar refractivity (Wildman–Crippen MR) is 60.1 cm³/mol. The van der Waals surface area contributed by atoms with Crippen LogP contribution in [0.25, 0.3) is 0 Å². The molecule has 2 unspecified atom stereocenters. The summed E-state index contributed by atoms with van der Waals surface area (Å²) < 4.78 is 2.35. The zero-order valence-electron chi connectivity index (χ0n) is 8.43. The number of rotatable bonds is 2. The molecule has 1 aliphatic rings. The van der Waals surface area contributed by atoms with Crippen LogP contribution in [0.5, 0.6) is 0 Å². The number of halogens is 1. The van der Waals surface area contributed by atoms with Gasteiger partial charge in [-0.2, -0.15) is 4.98 Å². The molecule has 1 aromatic rings. The maximum Gasteiger partial charge on any atom is 0.240 e. The average Bonchev–Trinajstić information content (AvgIpc) is 2.49. The van der Waals surface area contributed by atoms with E-state index in [0.717, 1.165) is 19.3 Å². The first-order valence-corrected chi connectivity index (χ1v) is 6.00. The Labute approximate surface area is 96.8 Å². The summed E-state index contributed by atoms with van der Waals surface area (Å²) in [7, 11) is 0. The van der Waals surface area contributed by atoms with Crippen molar-refractivity contribution in [2.45, 2.75) is 38.3 Å². The number of aliphatic hydroxyl groups excluding tert-OH is 1. The number of nitrogens with zero attached hydrogens (tertiary/aromatic N) is 3. The topological polar surface area (TPSA) is 77.0 Å². The maximum absolute atomic E-state index is 9.82. The number of aliphatic hydroxyl groups is 1. The van der Waals surface area contributed by atoms with Crippen LogP contribution < -0.4 is 5.73 Å². The Hall–Kier alpha value is -0.620. The number of hydrogen-bond donors (Lipinski definition) is 2. The van der Waals surface area contributed by atoms with Crippen LogP contribution in [0.2, 0.25) is 0 Å². The summed E-state index contributed by atoms with van der Waals surface area (Å²) in [5.41, 5.74) is 5.48. The lowest BCUT2D eigenvalue weighted by atomic mass is 9.86. The fourth-order valence-corrected chi connectivity index (χ4v) is 2.48. The summed E-state index contributed by atoms with van der Waals surface area (Å²) in [5.74, 6) is 0.545. The molecule has 1 aliphatic carbocycles. The maximum atomic E-state index is 9.82. The average molecular weight is 275 g/mol. The summed E-state index contributed by atoms with van der Waals surface area (Å²) >= 11 is 3.29. The number of aromatic nitrogens is 3. The van der Waals surface area contributed by atoms with Gasteiger partial charge in [-0.3, -0.25) is 0 Å². The van der Waals surface area contributed by atoms with Gasteiger partial charge in [0.05, 0.1) is 6.10 Å². The van der Waals surface area contributed by atoms with Gasteiger partial charge in [0.25, 0.3) is 0 Å². The first kappa shape index (κ1) is 10.9. The molecule has 0 radical (unpaired) electrons. The van der Waals surface area contributed by atoms with Crippen molar-refractivity contribution in [3.63, 3.8) is 0 Å². The molecule has 15 heavy (non-hydrogen) atoms. The van der Waals surface area contributed by atoms with E-state index in [9.17, 15) is 5.11 Å². The van der Waals surface area contributed by atoms with Crippen LogP contribution >= 0.6 is 15.9 Å². The summed E-state index contributed by atoms with van der Waals surface area (Å²) in [6.45, 7) is 0.686. The van der Waals surface area contributed by atoms with Gasteiger partial charge in [0.2, 0.25) is 5.95 Å². The van der Waals surface area contributed by atoms with Gasteiger partial charge >= 0.3 is 0 Å². The van der Waals surface area contributed by atoms with Crippen LogP contribution in [-0.4, -0.2) is 26.0 Å². The second kappa shape index (κ2) is 4.49. The lowest BCUT2D eigenvalue weighted by Gasteiger charge is -2.27. The van der Waals surface area contributed by atoms with E-state index in [1.165, 1.54) is 6.42 Å². The predicted octanol–water partition coefficient (Wildman–Crippen LogP) is 1.17. The van der Waals surface area contributed by atoms with Gasteiger partial charge in [-0.25, -0.2) is 4.68 Å². The number of nitrogen functional groups attached to an aromatic ring is 1. The summed E-state index contributed by atoms with van der Waals surface area (Å²) in [6, 6.07) is 0. The van der Waals surface area contributed by atoms with Gasteiger partial charge < -0.3 is 10.8 Å². The highest BCUT2D eigenvalue weighted by Gasteiger charge is 2.24. The smallest absolute Gasteiger partial charge is 0.240 e. The number of hydrogen-bond acceptors (Lipinski definition) is 4. The van der Waals surface area contributed by atoms with Crippen LogP contribution in [-0.2, 0) is 6.54 Å². The van der Waals surface area contributed by atoms with E-state index < -0.39 is 0 Å². The zero-order valence-corrected chi connectivity index (χ0v) is 10.0. The van der Waals surface area contributed by atoms with Crippen LogP contribution in [0.15, 0.2) is 4.73 Å². The van der Waals surface area contributed by atoms with E-state index >= 15 is 0 Å². The molecule has 1 saturated carbocycles. The highest BCUT2D eigenvalue weighted by Crippen LogP contribution is 2.26. The SMILES string of the molecule is Nc1nc(Br)n(CC2CCCCC2O)n1. The molecular formula is C9H15BrN4O. The Bertz CT molecular complexity index is 341. The lowest BCUT2D eigenvalue weighted by molar-refractivity contribution is 0.0583. The fraction of sp³-hybridized carbons (Fsp3) is 0.778. The molecule has 0 bridgehead atoms. The highest BCUT2D eigenvalue weighted by molar-refractivity contribution is 9.10. The van der Waals surface area contributed by atoms with Crippen LogP contribution in [0.3, 0.4) is 0 Å². The number of anilines is 1. The minimum atomic E-state index is -0.212. The Morgan fingerprint density at radius 3 is 2.80 bits per heavy atom. The normalized spacial score (nSPS) is 26.8. The van der Waals surface area contributed by atoms with Crippen molar-refractivity contribution in [1.29, 1.82) is 0 Å². The lowest BCUT2D eigenvalue weighted by Crippen LogP contribution is -2.28. The summed E-state index contributed by atoms with van der Waals surface area (Å²) in [5, 5.41) is 13.9. The third-order valence-electron chi connectivity index (χ3n) is 2.92. The molecule has 84 valence electrons. The van der Waals surface area contributed by atoms with Gasteiger partial charge in [0.1, 0.15) is 0 Å².